The van der Waals surface area contributed by atoms with Crippen LogP contribution in [0.15, 0.2) is 22.8 Å². The Morgan fingerprint density at radius 2 is 1.94 bits per heavy atom. The molecule has 0 spiro atoms. The maximum atomic E-state index is 13.7. The molecule has 2 aromatic heterocycles. The van der Waals surface area contributed by atoms with Crippen LogP contribution in [-0.4, -0.2) is 57.8 Å². The molecule has 1 saturated carbocycles. The summed E-state index contributed by atoms with van der Waals surface area (Å²) < 4.78 is 7.84. The minimum atomic E-state index is -0.222. The minimum Gasteiger partial charge on any atom is -0.463 e. The number of amides is 1. The fourth-order valence-electron chi connectivity index (χ4n) is 5.48. The number of carbonyl (C=O) groups is 1. The van der Waals surface area contributed by atoms with E-state index in [4.69, 9.17) is 4.42 Å². The minimum absolute atomic E-state index is 0.155. The van der Waals surface area contributed by atoms with Crippen LogP contribution in [0.3, 0.4) is 0 Å². The zero-order valence-electron chi connectivity index (χ0n) is 20.9. The molecule has 2 aliphatic rings. The van der Waals surface area contributed by atoms with Gasteiger partial charge in [0.15, 0.2) is 5.58 Å². The van der Waals surface area contributed by atoms with Crippen molar-refractivity contribution in [2.75, 3.05) is 26.2 Å². The van der Waals surface area contributed by atoms with Crippen molar-refractivity contribution >= 4 is 25.7 Å². The average Bonchev–Trinajstić information content (AvgIpc) is 3.30. The highest BCUT2D eigenvalue weighted by Crippen LogP contribution is 2.42. The third-order valence-electron chi connectivity index (χ3n) is 7.58. The molecule has 184 valence electrons. The summed E-state index contributed by atoms with van der Waals surface area (Å²) in [5, 5.41) is 3.69. The summed E-state index contributed by atoms with van der Waals surface area (Å²) in [6.45, 7) is 11.7. The Bertz CT molecular complexity index is 901. The molecule has 2 aromatic rings. The number of aromatic nitrogens is 1. The van der Waals surface area contributed by atoms with E-state index in [2.05, 4.69) is 40.2 Å². The van der Waals surface area contributed by atoms with Crippen molar-refractivity contribution < 1.29 is 9.21 Å². The van der Waals surface area contributed by atoms with E-state index in [0.717, 1.165) is 55.9 Å². The van der Waals surface area contributed by atoms with Gasteiger partial charge in [0.25, 0.3) is 5.91 Å². The Hall–Kier alpha value is -1.36. The van der Waals surface area contributed by atoms with Gasteiger partial charge >= 0.3 is 0 Å². The summed E-state index contributed by atoms with van der Waals surface area (Å²) in [5.74, 6) is 0.155. The van der Waals surface area contributed by atoms with Gasteiger partial charge in [-0.15, -0.1) is 0 Å². The van der Waals surface area contributed by atoms with Crippen molar-refractivity contribution in [1.29, 1.82) is 0 Å². The van der Waals surface area contributed by atoms with Crippen molar-refractivity contribution in [2.24, 2.45) is 0 Å². The van der Waals surface area contributed by atoms with E-state index in [-0.39, 0.29) is 11.2 Å². The van der Waals surface area contributed by atoms with E-state index in [9.17, 15) is 4.79 Å². The average molecular weight is 475 g/mol. The Morgan fingerprint density at radius 3 is 2.67 bits per heavy atom. The van der Waals surface area contributed by atoms with E-state index >= 15 is 0 Å². The van der Waals surface area contributed by atoms with Gasteiger partial charge in [-0.25, -0.2) is 0 Å². The molecule has 3 heterocycles. The van der Waals surface area contributed by atoms with Crippen LogP contribution in [0.5, 0.6) is 0 Å². The maximum Gasteiger partial charge on any atom is 0.271 e. The summed E-state index contributed by atoms with van der Waals surface area (Å²) in [7, 11) is 0.530. The number of rotatable bonds is 11. The molecule has 4 rings (SSSR count). The lowest BCUT2D eigenvalue weighted by atomic mass is 10.1. The van der Waals surface area contributed by atoms with Gasteiger partial charge in [0.2, 0.25) is 0 Å². The molecule has 0 bridgehead atoms. The normalized spacial score (nSPS) is 22.7. The number of nitrogens with zero attached hydrogens (tertiary/aromatic N) is 3. The SMILES string of the molecule is CCCCN(CC)CCCN1C(=O)c2cc3occc3n2CC1(C)PNC1CCCCCC1. The van der Waals surface area contributed by atoms with Gasteiger partial charge in [0, 0.05) is 24.7 Å². The first-order chi connectivity index (χ1) is 16.1. The van der Waals surface area contributed by atoms with Crippen molar-refractivity contribution in [1.82, 2.24) is 19.5 Å². The molecule has 2 unspecified atom stereocenters. The summed E-state index contributed by atoms with van der Waals surface area (Å²) >= 11 is 0. The fourth-order valence-corrected chi connectivity index (χ4v) is 6.87. The van der Waals surface area contributed by atoms with E-state index < -0.39 is 0 Å². The van der Waals surface area contributed by atoms with E-state index in [1.807, 2.05) is 12.1 Å². The zero-order chi connectivity index (χ0) is 23.3. The fraction of sp³-hybridized carbons (Fsp3) is 0.731. The van der Waals surface area contributed by atoms with Crippen LogP contribution in [0.1, 0.15) is 89.0 Å². The molecular formula is C26H43N4O2P. The molecule has 2 atom stereocenters. The van der Waals surface area contributed by atoms with Crippen molar-refractivity contribution in [3.63, 3.8) is 0 Å². The van der Waals surface area contributed by atoms with Gasteiger partial charge in [0.05, 0.1) is 23.6 Å². The molecular weight excluding hydrogens is 431 g/mol. The number of nitrogens with one attached hydrogen (secondary N) is 1. The molecule has 0 aromatic carbocycles. The lowest BCUT2D eigenvalue weighted by Crippen LogP contribution is -2.55. The van der Waals surface area contributed by atoms with Gasteiger partial charge in [-0.1, -0.05) is 46.0 Å². The number of fused-ring (bicyclic) bond motifs is 3. The molecule has 6 nitrogen and oxygen atoms in total. The Morgan fingerprint density at radius 1 is 1.18 bits per heavy atom. The Labute approximate surface area is 201 Å². The number of hydrogen-bond acceptors (Lipinski definition) is 4. The summed E-state index contributed by atoms with van der Waals surface area (Å²) in [6.07, 6.45) is 13.1. The molecule has 1 amide bonds. The van der Waals surface area contributed by atoms with Crippen LogP contribution in [0, 0.1) is 0 Å². The molecule has 0 saturated heterocycles. The smallest absolute Gasteiger partial charge is 0.271 e. The summed E-state index contributed by atoms with van der Waals surface area (Å²) in [6, 6.07) is 4.52. The first-order valence-corrected chi connectivity index (χ1v) is 14.2. The lowest BCUT2D eigenvalue weighted by molar-refractivity contribution is 0.0549. The van der Waals surface area contributed by atoms with Gasteiger partial charge in [0.1, 0.15) is 5.69 Å². The van der Waals surface area contributed by atoms with Crippen LogP contribution in [0.25, 0.3) is 11.1 Å². The third-order valence-corrected chi connectivity index (χ3v) is 9.10. The summed E-state index contributed by atoms with van der Waals surface area (Å²) in [5.41, 5.74) is 2.64. The second kappa shape index (κ2) is 11.4. The Balaban J connectivity index is 1.50. The summed E-state index contributed by atoms with van der Waals surface area (Å²) in [4.78, 5) is 18.5. The van der Waals surface area contributed by atoms with Crippen molar-refractivity contribution in [3.8, 4) is 0 Å². The van der Waals surface area contributed by atoms with Crippen molar-refractivity contribution in [3.05, 3.63) is 24.1 Å². The van der Waals surface area contributed by atoms with Gasteiger partial charge in [-0.05, 0) is 61.0 Å². The number of unbranched alkanes of at least 4 members (excludes halogenated alkanes) is 1. The quantitative estimate of drug-likeness (QED) is 0.329. The first kappa shape index (κ1) is 24.8. The van der Waals surface area contributed by atoms with Gasteiger partial charge in [-0.2, -0.15) is 0 Å². The molecule has 1 N–H and O–H groups in total. The predicted octanol–water partition coefficient (Wildman–Crippen LogP) is 5.82. The standard InChI is InChI=1S/C26H43N4O2P/c1-4-6-15-28(5-2)16-11-17-30-25(31)23-19-24-22(14-18-32-24)29(23)20-26(30,3)33-27-21-12-9-7-8-10-13-21/h14,18-19,21,27,33H,4-13,15-17,20H2,1-3H3. The zero-order valence-corrected chi connectivity index (χ0v) is 21.9. The second-order valence-corrected chi connectivity index (χ2v) is 11.7. The topological polar surface area (TPSA) is 53.6 Å². The van der Waals surface area contributed by atoms with E-state index in [0.29, 0.717) is 14.8 Å². The van der Waals surface area contributed by atoms with Crippen LogP contribution < -0.4 is 5.09 Å². The highest BCUT2D eigenvalue weighted by molar-refractivity contribution is 7.37. The van der Waals surface area contributed by atoms with Crippen LogP contribution in [0.4, 0.5) is 0 Å². The Kier molecular flexibility index (Phi) is 8.53. The van der Waals surface area contributed by atoms with E-state index in [1.54, 1.807) is 6.26 Å². The largest absolute Gasteiger partial charge is 0.463 e. The maximum absolute atomic E-state index is 13.7. The molecule has 1 fully saturated rings. The molecule has 1 aliphatic heterocycles. The number of furan rings is 1. The monoisotopic (exact) mass is 474 g/mol. The van der Waals surface area contributed by atoms with E-state index in [1.165, 1.54) is 51.4 Å². The highest BCUT2D eigenvalue weighted by atomic mass is 31.1. The lowest BCUT2D eigenvalue weighted by Gasteiger charge is -2.46. The molecule has 0 radical (unpaired) electrons. The van der Waals surface area contributed by atoms with Gasteiger partial charge < -0.3 is 18.8 Å². The van der Waals surface area contributed by atoms with Crippen LogP contribution in [0.2, 0.25) is 0 Å². The predicted molar refractivity (Wildman–Crippen MR) is 138 cm³/mol. The third kappa shape index (κ3) is 5.66. The highest BCUT2D eigenvalue weighted by Gasteiger charge is 2.42. The second-order valence-electron chi connectivity index (χ2n) is 10.1. The van der Waals surface area contributed by atoms with Crippen LogP contribution >= 0.6 is 8.73 Å². The molecule has 7 heteroatoms. The van der Waals surface area contributed by atoms with Crippen molar-refractivity contribution in [2.45, 2.75) is 96.4 Å². The first-order valence-electron chi connectivity index (χ1n) is 13.2. The number of hydrogen-bond donors (Lipinski definition) is 1. The molecule has 33 heavy (non-hydrogen) atoms. The molecule has 1 aliphatic carbocycles. The van der Waals surface area contributed by atoms with Crippen LogP contribution in [-0.2, 0) is 6.54 Å². The number of carbonyl (C=O) groups excluding carboxylic acids is 1. The van der Waals surface area contributed by atoms with Gasteiger partial charge in [-0.3, -0.25) is 9.88 Å².